The molecule has 0 aromatic carbocycles. The average Bonchev–Trinajstić information content (AvgIpc) is 2.96. The van der Waals surface area contributed by atoms with E-state index in [1.807, 2.05) is 25.2 Å². The van der Waals surface area contributed by atoms with Gasteiger partial charge in [0.2, 0.25) is 0 Å². The monoisotopic (exact) mass is 468 g/mol. The molecule has 3 atom stereocenters. The molecule has 1 aliphatic rings. The van der Waals surface area contributed by atoms with Gasteiger partial charge in [-0.2, -0.15) is 0 Å². The molecule has 0 fully saturated rings. The third-order valence-electron chi connectivity index (χ3n) is 6.09. The van der Waals surface area contributed by atoms with Crippen molar-refractivity contribution < 1.29 is 19.4 Å². The number of halogens is 1. The molecular formula is C21H33ClN4O4Si. The molecule has 0 amide bonds. The number of rotatable bonds is 7. The minimum absolute atomic E-state index is 0.155. The summed E-state index contributed by atoms with van der Waals surface area (Å²) < 4.78 is 14.2. The standard InChI is InChI=1S/C21H33ClN4O4Si/c1-20(2,31(5,6)28)11-10-14-8-7-9-15(30-21(3,4)27)19(29-14)26-13-25-16-17(22)23-12-24-18(16)26/h7-8,12-15,19,27-28H,9-11H2,1-6H3/t14-,15+,19+/m0/s1. The highest BCUT2D eigenvalue weighted by atomic mass is 35.5. The molecule has 1 aliphatic heterocycles. The molecule has 3 rings (SSSR count). The number of imidazole rings is 1. The summed E-state index contributed by atoms with van der Waals surface area (Å²) in [6.45, 7) is 11.3. The molecule has 0 unspecified atom stereocenters. The van der Waals surface area contributed by atoms with Gasteiger partial charge in [0.15, 0.2) is 31.1 Å². The van der Waals surface area contributed by atoms with Crippen molar-refractivity contribution in [1.29, 1.82) is 0 Å². The molecule has 0 radical (unpaired) electrons. The zero-order valence-corrected chi connectivity index (χ0v) is 20.8. The lowest BCUT2D eigenvalue weighted by Crippen LogP contribution is -2.40. The lowest BCUT2D eigenvalue weighted by molar-refractivity contribution is -0.243. The summed E-state index contributed by atoms with van der Waals surface area (Å²) in [6, 6.07) is 0. The highest BCUT2D eigenvalue weighted by Crippen LogP contribution is 2.41. The predicted octanol–water partition coefficient (Wildman–Crippen LogP) is 4.19. The summed E-state index contributed by atoms with van der Waals surface area (Å²) in [6.07, 6.45) is 7.94. The molecule has 0 spiro atoms. The molecule has 0 bridgehead atoms. The van der Waals surface area contributed by atoms with Gasteiger partial charge in [0.25, 0.3) is 0 Å². The van der Waals surface area contributed by atoms with Crippen molar-refractivity contribution in [3.05, 3.63) is 30.0 Å². The SMILES string of the molecule is CC(C)(O)O[C@@H]1CC=C[C@@H](CCC(C)(C)[Si](C)(C)O)O[C@H]1n1cnc2c(Cl)ncnc21. The van der Waals surface area contributed by atoms with Gasteiger partial charge in [0.05, 0.1) is 12.4 Å². The topological polar surface area (TPSA) is 103 Å². The Morgan fingerprint density at radius 3 is 2.61 bits per heavy atom. The van der Waals surface area contributed by atoms with E-state index in [9.17, 15) is 9.90 Å². The quantitative estimate of drug-likeness (QED) is 0.271. The second kappa shape index (κ2) is 8.88. The Labute approximate surface area is 189 Å². The Kier molecular flexibility index (Phi) is 6.95. The van der Waals surface area contributed by atoms with Crippen molar-refractivity contribution in [3.8, 4) is 0 Å². The molecule has 2 aromatic heterocycles. The van der Waals surface area contributed by atoms with Crippen LogP contribution in [0.25, 0.3) is 11.2 Å². The minimum atomic E-state index is -2.32. The van der Waals surface area contributed by atoms with Gasteiger partial charge in [-0.1, -0.05) is 37.6 Å². The van der Waals surface area contributed by atoms with Crippen LogP contribution in [-0.2, 0) is 9.47 Å². The van der Waals surface area contributed by atoms with Crippen LogP contribution < -0.4 is 0 Å². The van der Waals surface area contributed by atoms with Gasteiger partial charge in [-0.05, 0) is 51.2 Å². The normalized spacial score (nSPS) is 23.3. The smallest absolute Gasteiger partial charge is 0.188 e. The number of aliphatic hydroxyl groups is 1. The van der Waals surface area contributed by atoms with Crippen molar-refractivity contribution >= 4 is 31.1 Å². The number of nitrogens with zero attached hydrogens (tertiary/aromatic N) is 4. The van der Waals surface area contributed by atoms with E-state index in [4.69, 9.17) is 21.1 Å². The van der Waals surface area contributed by atoms with Gasteiger partial charge in [0.1, 0.15) is 17.9 Å². The van der Waals surface area contributed by atoms with Crippen LogP contribution in [0.4, 0.5) is 0 Å². The molecule has 31 heavy (non-hydrogen) atoms. The van der Waals surface area contributed by atoms with Crippen LogP contribution in [0.2, 0.25) is 23.3 Å². The lowest BCUT2D eigenvalue weighted by Gasteiger charge is -2.36. The molecule has 10 heteroatoms. The molecule has 2 aromatic rings. The maximum absolute atomic E-state index is 10.6. The summed E-state index contributed by atoms with van der Waals surface area (Å²) in [5.74, 6) is -1.34. The van der Waals surface area contributed by atoms with E-state index in [1.165, 1.54) is 6.33 Å². The van der Waals surface area contributed by atoms with Gasteiger partial charge >= 0.3 is 0 Å². The summed E-state index contributed by atoms with van der Waals surface area (Å²) in [7, 11) is -2.32. The lowest BCUT2D eigenvalue weighted by atomic mass is 10.0. The highest BCUT2D eigenvalue weighted by Gasteiger charge is 2.39. The van der Waals surface area contributed by atoms with Gasteiger partial charge < -0.3 is 19.4 Å². The van der Waals surface area contributed by atoms with E-state index >= 15 is 0 Å². The third kappa shape index (κ3) is 5.71. The number of hydrogen-bond donors (Lipinski definition) is 2. The van der Waals surface area contributed by atoms with Gasteiger partial charge in [-0.25, -0.2) is 15.0 Å². The van der Waals surface area contributed by atoms with Gasteiger partial charge in [-0.15, -0.1) is 0 Å². The number of ether oxygens (including phenoxy) is 2. The Morgan fingerprint density at radius 2 is 1.97 bits per heavy atom. The molecule has 172 valence electrons. The zero-order valence-electron chi connectivity index (χ0n) is 19.0. The molecule has 3 heterocycles. The summed E-state index contributed by atoms with van der Waals surface area (Å²) in [5.41, 5.74) is 1.02. The van der Waals surface area contributed by atoms with Crippen molar-refractivity contribution in [2.24, 2.45) is 0 Å². The van der Waals surface area contributed by atoms with Crippen LogP contribution in [0.15, 0.2) is 24.8 Å². The Morgan fingerprint density at radius 1 is 1.26 bits per heavy atom. The summed E-state index contributed by atoms with van der Waals surface area (Å²) >= 11 is 6.18. The first kappa shape index (κ1) is 24.3. The summed E-state index contributed by atoms with van der Waals surface area (Å²) in [5, 5.41) is 10.4. The van der Waals surface area contributed by atoms with Gasteiger partial charge in [0, 0.05) is 0 Å². The van der Waals surface area contributed by atoms with E-state index in [1.54, 1.807) is 24.7 Å². The maximum atomic E-state index is 10.6. The van der Waals surface area contributed by atoms with E-state index in [-0.39, 0.29) is 16.3 Å². The Balaban J connectivity index is 1.90. The second-order valence-corrected chi connectivity index (χ2v) is 14.6. The zero-order chi connectivity index (χ0) is 23.0. The van der Waals surface area contributed by atoms with Gasteiger partial charge in [-0.3, -0.25) is 4.57 Å². The Bertz CT molecular complexity index is 936. The van der Waals surface area contributed by atoms with Crippen LogP contribution >= 0.6 is 11.6 Å². The maximum Gasteiger partial charge on any atom is 0.188 e. The first-order valence-corrected chi connectivity index (χ1v) is 13.9. The number of fused-ring (bicyclic) bond motifs is 1. The molecule has 0 saturated carbocycles. The van der Waals surface area contributed by atoms with Crippen LogP contribution in [0.5, 0.6) is 0 Å². The largest absolute Gasteiger partial charge is 0.432 e. The first-order chi connectivity index (χ1) is 14.3. The van der Waals surface area contributed by atoms with Crippen molar-refractivity contribution in [2.45, 2.75) is 89.3 Å². The van der Waals surface area contributed by atoms with Crippen LogP contribution in [0.1, 0.15) is 53.2 Å². The minimum Gasteiger partial charge on any atom is -0.432 e. The average molecular weight is 469 g/mol. The van der Waals surface area contributed by atoms with Crippen LogP contribution in [-0.4, -0.2) is 55.7 Å². The van der Waals surface area contributed by atoms with Crippen molar-refractivity contribution in [3.63, 3.8) is 0 Å². The first-order valence-electron chi connectivity index (χ1n) is 10.6. The molecule has 2 N–H and O–H groups in total. The Hall–Kier alpha value is -1.36. The molecular weight excluding hydrogens is 436 g/mol. The number of aromatic nitrogens is 4. The molecule has 8 nitrogen and oxygen atoms in total. The van der Waals surface area contributed by atoms with E-state index in [2.05, 4.69) is 28.8 Å². The molecule has 0 aliphatic carbocycles. The van der Waals surface area contributed by atoms with Crippen LogP contribution in [0, 0.1) is 0 Å². The second-order valence-electron chi connectivity index (χ2n) is 9.80. The molecule has 0 saturated heterocycles. The van der Waals surface area contributed by atoms with Crippen molar-refractivity contribution in [2.75, 3.05) is 0 Å². The fourth-order valence-corrected chi connectivity index (χ4v) is 4.43. The van der Waals surface area contributed by atoms with E-state index in [0.717, 1.165) is 12.8 Å². The summed E-state index contributed by atoms with van der Waals surface area (Å²) in [4.78, 5) is 23.3. The third-order valence-corrected chi connectivity index (χ3v) is 9.93. The van der Waals surface area contributed by atoms with Crippen molar-refractivity contribution in [1.82, 2.24) is 19.5 Å². The number of hydrogen-bond acceptors (Lipinski definition) is 7. The fraction of sp³-hybridized carbons (Fsp3) is 0.667. The predicted molar refractivity (Wildman–Crippen MR) is 122 cm³/mol. The highest BCUT2D eigenvalue weighted by molar-refractivity contribution is 6.72. The van der Waals surface area contributed by atoms with E-state index in [0.29, 0.717) is 17.6 Å². The fourth-order valence-electron chi connectivity index (χ4n) is 3.50. The van der Waals surface area contributed by atoms with Crippen LogP contribution in [0.3, 0.4) is 0 Å². The van der Waals surface area contributed by atoms with E-state index < -0.39 is 26.4 Å².